The Kier molecular flexibility index (Phi) is 5.10. The van der Waals surface area contributed by atoms with Crippen molar-refractivity contribution in [1.29, 1.82) is 0 Å². The molecular weight excluding hydrogens is 424 g/mol. The molecule has 6 atom stereocenters. The summed E-state index contributed by atoms with van der Waals surface area (Å²) in [4.78, 5) is 12.6. The molecule has 1 unspecified atom stereocenters. The average Bonchev–Trinajstić information content (AvgIpc) is 3.36. The Morgan fingerprint density at radius 3 is 2.81 bits per heavy atom. The molecule has 5 heteroatoms. The molecule has 0 N–H and O–H groups in total. The number of hydrogen-bond acceptors (Lipinski definition) is 5. The summed E-state index contributed by atoms with van der Waals surface area (Å²) in [7, 11) is 0. The predicted octanol–water partition coefficient (Wildman–Crippen LogP) is 6.05. The molecule has 1 saturated heterocycles. The van der Waals surface area contributed by atoms with Crippen molar-refractivity contribution in [3.05, 3.63) is 29.3 Å². The van der Waals surface area contributed by atoms with Gasteiger partial charge in [0.1, 0.15) is 11.4 Å². The summed E-state index contributed by atoms with van der Waals surface area (Å²) in [5, 5.41) is 0. The number of aryl methyl sites for hydroxylation is 1. The van der Waals surface area contributed by atoms with Crippen LogP contribution in [-0.2, 0) is 16.0 Å². The smallest absolute Gasteiger partial charge is 0.303 e. The van der Waals surface area contributed by atoms with Gasteiger partial charge in [-0.15, -0.1) is 23.5 Å². The number of thioether (sulfide) groups is 2. The Balaban J connectivity index is 1.49. The fourth-order valence-corrected chi connectivity index (χ4v) is 11.6. The normalized spacial score (nSPS) is 41.5. The highest BCUT2D eigenvalue weighted by Gasteiger charge is 2.69. The number of carbonyl (C=O) groups excluding carboxylic acids is 1. The highest BCUT2D eigenvalue weighted by molar-refractivity contribution is 8.20. The summed E-state index contributed by atoms with van der Waals surface area (Å²) in [5.41, 5.74) is 2.82. The molecule has 3 nitrogen and oxygen atoms in total. The van der Waals surface area contributed by atoms with E-state index in [1.54, 1.807) is 12.5 Å². The summed E-state index contributed by atoms with van der Waals surface area (Å²) >= 11 is 4.23. The van der Waals surface area contributed by atoms with Gasteiger partial charge in [0, 0.05) is 29.8 Å². The molecule has 1 aromatic rings. The highest BCUT2D eigenvalue weighted by atomic mass is 32.2. The first kappa shape index (κ1) is 20.8. The van der Waals surface area contributed by atoms with E-state index < -0.39 is 0 Å². The van der Waals surface area contributed by atoms with Crippen molar-refractivity contribution in [2.45, 2.75) is 74.9 Å². The van der Waals surface area contributed by atoms with Crippen LogP contribution in [0.3, 0.4) is 0 Å². The molecule has 0 amide bonds. The van der Waals surface area contributed by atoms with E-state index in [2.05, 4.69) is 48.6 Å². The molecule has 10 rings (SSSR count). The first-order valence-electron chi connectivity index (χ1n) is 12.2. The molecule has 6 heterocycles. The van der Waals surface area contributed by atoms with Gasteiger partial charge >= 0.3 is 5.97 Å². The van der Waals surface area contributed by atoms with Crippen molar-refractivity contribution < 1.29 is 14.3 Å². The monoisotopic (exact) mass is 458 g/mol. The van der Waals surface area contributed by atoms with Crippen LogP contribution in [0, 0.1) is 23.2 Å². The van der Waals surface area contributed by atoms with E-state index in [4.69, 9.17) is 9.47 Å². The molecule has 0 aromatic heterocycles. The second-order valence-electron chi connectivity index (χ2n) is 10.6. The van der Waals surface area contributed by atoms with E-state index in [0.29, 0.717) is 28.9 Å². The predicted molar refractivity (Wildman–Crippen MR) is 128 cm³/mol. The maximum Gasteiger partial charge on any atom is 0.303 e. The highest BCUT2D eigenvalue weighted by Crippen LogP contribution is 2.70. The zero-order valence-electron chi connectivity index (χ0n) is 18.7. The van der Waals surface area contributed by atoms with Crippen molar-refractivity contribution in [1.82, 2.24) is 0 Å². The molecule has 3 fully saturated rings. The topological polar surface area (TPSA) is 35.5 Å². The van der Waals surface area contributed by atoms with Gasteiger partial charge in [0.15, 0.2) is 0 Å². The van der Waals surface area contributed by atoms with Gasteiger partial charge in [-0.25, -0.2) is 0 Å². The maximum absolute atomic E-state index is 12.6. The molecule has 9 aliphatic rings. The van der Waals surface area contributed by atoms with Gasteiger partial charge in [-0.2, -0.15) is 0 Å². The van der Waals surface area contributed by atoms with E-state index in [1.165, 1.54) is 49.2 Å². The summed E-state index contributed by atoms with van der Waals surface area (Å²) in [6.45, 7) is 4.83. The van der Waals surface area contributed by atoms with Crippen LogP contribution in [0.5, 0.6) is 5.75 Å². The number of hydrogen-bond donors (Lipinski definition) is 0. The minimum absolute atomic E-state index is 0.0684. The first-order valence-corrected chi connectivity index (χ1v) is 14.3. The standard InChI is InChI=1S/C26H34O3S2/c1-16(27)29-26-9-3-11-28-18-5-7-19-17(14-18)4-6-21-20(19)8-10-25(26,2)22(21)15-23(26)24-30-12-13-31-24/h5,7,14,20-24H,3-4,6,8-13,15H2,1-2H3/t20?,21-,22-,23+,25-,26+/m0/s1. The van der Waals surface area contributed by atoms with Crippen LogP contribution < -0.4 is 4.74 Å². The molecule has 8 bridgehead atoms. The summed E-state index contributed by atoms with van der Waals surface area (Å²) < 4.78 is 13.4. The number of carbonyl (C=O) groups is 1. The number of rotatable bonds is 2. The van der Waals surface area contributed by atoms with E-state index >= 15 is 0 Å². The number of esters is 1. The van der Waals surface area contributed by atoms with Crippen molar-refractivity contribution >= 4 is 29.5 Å². The molecule has 0 spiro atoms. The number of benzene rings is 1. The van der Waals surface area contributed by atoms with Crippen LogP contribution in [0.4, 0.5) is 0 Å². The largest absolute Gasteiger partial charge is 0.494 e. The lowest BCUT2D eigenvalue weighted by Crippen LogP contribution is -2.56. The van der Waals surface area contributed by atoms with Crippen LogP contribution in [0.2, 0.25) is 0 Å². The van der Waals surface area contributed by atoms with Gasteiger partial charge in [-0.1, -0.05) is 13.0 Å². The summed E-state index contributed by atoms with van der Waals surface area (Å²) in [5.74, 6) is 5.86. The molecule has 3 aliphatic carbocycles. The fraction of sp³-hybridized carbons (Fsp3) is 0.731. The SMILES string of the molecule is CC(=O)O[C@@]12CCCOc3ccc4c(c3)CC[C@H]3C4CC[C@@]1(C)[C@H]3C[C@@H]2C1SCCS1. The van der Waals surface area contributed by atoms with Gasteiger partial charge in [0.05, 0.1) is 11.2 Å². The van der Waals surface area contributed by atoms with Crippen LogP contribution in [0.25, 0.3) is 0 Å². The zero-order chi connectivity index (χ0) is 21.2. The third-order valence-electron chi connectivity index (χ3n) is 9.42. The Bertz CT molecular complexity index is 881. The van der Waals surface area contributed by atoms with Crippen LogP contribution in [-0.4, -0.2) is 34.3 Å². The molecule has 168 valence electrons. The lowest BCUT2D eigenvalue weighted by Gasteiger charge is -2.55. The lowest BCUT2D eigenvalue weighted by molar-refractivity contribution is -0.187. The Hall–Kier alpha value is -0.810. The molecule has 6 aliphatic heterocycles. The number of ether oxygens (including phenoxy) is 2. The Labute approximate surface area is 194 Å². The van der Waals surface area contributed by atoms with Crippen molar-refractivity contribution in [2.75, 3.05) is 18.1 Å². The van der Waals surface area contributed by atoms with Gasteiger partial charge in [-0.05, 0) is 86.0 Å². The van der Waals surface area contributed by atoms with Crippen molar-refractivity contribution in [2.24, 2.45) is 23.2 Å². The van der Waals surface area contributed by atoms with Gasteiger partial charge in [0.2, 0.25) is 0 Å². The van der Waals surface area contributed by atoms with Crippen molar-refractivity contribution in [3.63, 3.8) is 0 Å². The average molecular weight is 459 g/mol. The van der Waals surface area contributed by atoms with Crippen LogP contribution in [0.1, 0.15) is 69.4 Å². The third-order valence-corrected chi connectivity index (χ3v) is 12.7. The number of fused-ring (bicyclic) bond motifs is 1. The summed E-state index contributed by atoms with van der Waals surface area (Å²) in [6.07, 6.45) is 7.94. The van der Waals surface area contributed by atoms with Gasteiger partial charge in [-0.3, -0.25) is 4.79 Å². The van der Waals surface area contributed by atoms with Crippen molar-refractivity contribution in [3.8, 4) is 5.75 Å². The summed E-state index contributed by atoms with van der Waals surface area (Å²) in [6, 6.07) is 6.88. The van der Waals surface area contributed by atoms with Crippen LogP contribution in [0.15, 0.2) is 18.2 Å². The lowest BCUT2D eigenvalue weighted by atomic mass is 9.52. The van der Waals surface area contributed by atoms with E-state index in [-0.39, 0.29) is 17.0 Å². The minimum Gasteiger partial charge on any atom is -0.494 e. The molecule has 1 aromatic carbocycles. The second-order valence-corrected chi connectivity index (χ2v) is 13.4. The quantitative estimate of drug-likeness (QED) is 0.504. The molecule has 0 radical (unpaired) electrons. The van der Waals surface area contributed by atoms with Crippen LogP contribution >= 0.6 is 23.5 Å². The second kappa shape index (κ2) is 7.62. The Morgan fingerprint density at radius 2 is 2.00 bits per heavy atom. The van der Waals surface area contributed by atoms with E-state index in [0.717, 1.165) is 24.5 Å². The Morgan fingerprint density at radius 1 is 1.16 bits per heavy atom. The van der Waals surface area contributed by atoms with E-state index in [9.17, 15) is 4.79 Å². The van der Waals surface area contributed by atoms with E-state index in [1.807, 2.05) is 0 Å². The zero-order valence-corrected chi connectivity index (χ0v) is 20.4. The maximum atomic E-state index is 12.6. The minimum atomic E-state index is -0.351. The molecule has 2 saturated carbocycles. The van der Waals surface area contributed by atoms with Gasteiger partial charge in [0.25, 0.3) is 0 Å². The van der Waals surface area contributed by atoms with Gasteiger partial charge < -0.3 is 9.47 Å². The molecule has 31 heavy (non-hydrogen) atoms. The first-order chi connectivity index (χ1) is 15.0. The molecular formula is C26H34O3S2. The third kappa shape index (κ3) is 3.04. The fourth-order valence-electron chi connectivity index (χ4n) is 8.25.